The number of piperidine rings is 1. The van der Waals surface area contributed by atoms with Gasteiger partial charge in [0.25, 0.3) is 0 Å². The van der Waals surface area contributed by atoms with Gasteiger partial charge in [0.05, 0.1) is 24.5 Å². The number of nitrogens with zero attached hydrogens (tertiary/aromatic N) is 2. The molecule has 3 aliphatic rings. The van der Waals surface area contributed by atoms with Crippen molar-refractivity contribution in [2.75, 3.05) is 6.54 Å². The quantitative estimate of drug-likeness (QED) is 0.263. The Hall–Kier alpha value is -2.78. The van der Waals surface area contributed by atoms with E-state index in [4.69, 9.17) is 4.74 Å². The first kappa shape index (κ1) is 31.7. The maximum Gasteiger partial charge on any atom is 0.220 e. The molecule has 1 aromatic heterocycles. The summed E-state index contributed by atoms with van der Waals surface area (Å²) in [5.41, 5.74) is 1.79. The Labute approximate surface area is 241 Å². The molecule has 226 valence electrons. The second-order valence-corrected chi connectivity index (χ2v) is 10.4. The summed E-state index contributed by atoms with van der Waals surface area (Å²) in [5.74, 6) is -0.0521. The highest BCUT2D eigenvalue weighted by molar-refractivity contribution is 5.77. The summed E-state index contributed by atoms with van der Waals surface area (Å²) >= 11 is 0. The van der Waals surface area contributed by atoms with Gasteiger partial charge in [0.1, 0.15) is 29.8 Å². The van der Waals surface area contributed by atoms with E-state index in [0.717, 1.165) is 37.6 Å². The number of carbonyl (C=O) groups is 1. The summed E-state index contributed by atoms with van der Waals surface area (Å²) in [6, 6.07) is 3.77. The van der Waals surface area contributed by atoms with Crippen LogP contribution in [0.25, 0.3) is 11.3 Å². The van der Waals surface area contributed by atoms with E-state index in [1.54, 1.807) is 0 Å². The van der Waals surface area contributed by atoms with Gasteiger partial charge in [-0.05, 0) is 57.1 Å². The van der Waals surface area contributed by atoms with Crippen LogP contribution in [-0.4, -0.2) is 51.7 Å². The summed E-state index contributed by atoms with van der Waals surface area (Å²) in [5, 5.41) is 6.53. The molecule has 2 saturated heterocycles. The number of halogens is 2. The summed E-state index contributed by atoms with van der Waals surface area (Å²) in [6.45, 7) is 16.0. The van der Waals surface area contributed by atoms with Crippen LogP contribution in [0.2, 0.25) is 0 Å². The van der Waals surface area contributed by atoms with Crippen LogP contribution in [0.15, 0.2) is 36.7 Å². The molecule has 9 heteroatoms. The number of nitrogens with one attached hydrogen (secondary N) is 3. The number of imidazole rings is 1. The van der Waals surface area contributed by atoms with Crippen LogP contribution < -0.4 is 10.6 Å². The number of aromatic amines is 1. The van der Waals surface area contributed by atoms with Crippen LogP contribution in [0.1, 0.15) is 88.2 Å². The normalized spacial score (nSPS) is 22.3. The van der Waals surface area contributed by atoms with Crippen molar-refractivity contribution in [2.45, 2.75) is 111 Å². The standard InChI is InChI=1S/C27H35F2N5O2.2C2H6.2H2/c1-16-5-3-4-10-34(16)17(2)11-22(33-25(35)12-18-6-7-18)26-27(36-26)31-15-24-30-14-23(32-24)20-9-8-19(28)13-21(20)29;2*1-2;;/h8-9,13-14,16,18,22,26-27,31H,2-7,10-12,15H2,1H3,(H,30,32)(H,33,35);2*1-2H3;2*1H/t16-,22-,26?,27?;;;;/m0..../s1. The molecule has 1 aromatic carbocycles. The first-order chi connectivity index (χ1) is 19.4. The van der Waals surface area contributed by atoms with Gasteiger partial charge in [-0.25, -0.2) is 13.8 Å². The van der Waals surface area contributed by atoms with E-state index in [0.29, 0.717) is 42.9 Å². The van der Waals surface area contributed by atoms with E-state index in [-0.39, 0.29) is 32.7 Å². The van der Waals surface area contributed by atoms with Crippen LogP contribution in [0, 0.1) is 17.6 Å². The first-order valence-corrected chi connectivity index (χ1v) is 15.0. The average Bonchev–Trinajstić information content (AvgIpc) is 3.88. The zero-order chi connectivity index (χ0) is 29.2. The van der Waals surface area contributed by atoms with Crippen molar-refractivity contribution in [1.29, 1.82) is 0 Å². The van der Waals surface area contributed by atoms with Gasteiger partial charge in [0, 0.05) is 45.6 Å². The lowest BCUT2D eigenvalue weighted by molar-refractivity contribution is -0.122. The van der Waals surface area contributed by atoms with Crippen molar-refractivity contribution in [3.63, 3.8) is 0 Å². The molecule has 3 N–H and O–H groups in total. The minimum absolute atomic E-state index is 0. The van der Waals surface area contributed by atoms with Crippen molar-refractivity contribution < 1.29 is 21.2 Å². The topological polar surface area (TPSA) is 85.6 Å². The second-order valence-electron chi connectivity index (χ2n) is 10.4. The summed E-state index contributed by atoms with van der Waals surface area (Å²) in [4.78, 5) is 22.4. The molecule has 1 aliphatic carbocycles. The number of amides is 1. The van der Waals surface area contributed by atoms with Crippen LogP contribution >= 0.6 is 0 Å². The number of hydrogen-bond acceptors (Lipinski definition) is 5. The Balaban J connectivity index is 0.00000141. The third-order valence-corrected chi connectivity index (χ3v) is 7.42. The maximum absolute atomic E-state index is 14.1. The lowest BCUT2D eigenvalue weighted by Crippen LogP contribution is -2.44. The fourth-order valence-corrected chi connectivity index (χ4v) is 5.13. The predicted molar refractivity (Wildman–Crippen MR) is 159 cm³/mol. The number of benzene rings is 1. The second kappa shape index (κ2) is 15.3. The number of hydrogen-bond donors (Lipinski definition) is 3. The van der Waals surface area contributed by atoms with Gasteiger partial charge in [-0.15, -0.1) is 0 Å². The third kappa shape index (κ3) is 8.86. The van der Waals surface area contributed by atoms with Crippen molar-refractivity contribution in [3.8, 4) is 11.3 Å². The molecule has 4 atom stereocenters. The fourth-order valence-electron chi connectivity index (χ4n) is 5.13. The van der Waals surface area contributed by atoms with Gasteiger partial charge >= 0.3 is 0 Å². The lowest BCUT2D eigenvalue weighted by atomic mass is 10.00. The number of aromatic nitrogens is 2. The fraction of sp³-hybridized carbons (Fsp3) is 0.613. The van der Waals surface area contributed by atoms with E-state index >= 15 is 0 Å². The van der Waals surface area contributed by atoms with Crippen LogP contribution in [0.5, 0.6) is 0 Å². The van der Waals surface area contributed by atoms with Crippen molar-refractivity contribution >= 4 is 5.91 Å². The Morgan fingerprint density at radius 1 is 1.23 bits per heavy atom. The highest BCUT2D eigenvalue weighted by Crippen LogP contribution is 2.33. The largest absolute Gasteiger partial charge is 0.373 e. The number of carbonyl (C=O) groups excluding carboxylic acids is 1. The minimum atomic E-state index is -0.642. The Kier molecular flexibility index (Phi) is 12.1. The molecule has 7 nitrogen and oxygen atoms in total. The van der Waals surface area contributed by atoms with Crippen LogP contribution in [-0.2, 0) is 16.1 Å². The van der Waals surface area contributed by atoms with Gasteiger partial charge in [0.2, 0.25) is 5.91 Å². The highest BCUT2D eigenvalue weighted by atomic mass is 19.1. The average molecular weight is 564 g/mol. The monoisotopic (exact) mass is 563 g/mol. The maximum atomic E-state index is 14.1. The van der Waals surface area contributed by atoms with E-state index in [1.807, 2.05) is 27.7 Å². The Morgan fingerprint density at radius 2 is 1.98 bits per heavy atom. The van der Waals surface area contributed by atoms with Crippen LogP contribution in [0.3, 0.4) is 0 Å². The molecule has 2 aromatic rings. The minimum Gasteiger partial charge on any atom is -0.373 e. The van der Waals surface area contributed by atoms with E-state index in [1.165, 1.54) is 31.2 Å². The molecule has 0 bridgehead atoms. The van der Waals surface area contributed by atoms with Gasteiger partial charge in [0.15, 0.2) is 0 Å². The molecular formula is C31H51F2N5O2. The zero-order valence-corrected chi connectivity index (χ0v) is 24.7. The van der Waals surface area contributed by atoms with Crippen molar-refractivity contribution in [1.82, 2.24) is 25.5 Å². The summed E-state index contributed by atoms with van der Waals surface area (Å²) in [6.07, 6.45) is 8.21. The third-order valence-electron chi connectivity index (χ3n) is 7.42. The van der Waals surface area contributed by atoms with Gasteiger partial charge in [-0.2, -0.15) is 0 Å². The Morgan fingerprint density at radius 3 is 2.65 bits per heavy atom. The molecular weight excluding hydrogens is 512 g/mol. The van der Waals surface area contributed by atoms with Crippen LogP contribution in [0.4, 0.5) is 8.78 Å². The first-order valence-electron chi connectivity index (χ1n) is 15.0. The van der Waals surface area contributed by atoms with E-state index in [9.17, 15) is 13.6 Å². The number of epoxide rings is 1. The van der Waals surface area contributed by atoms with Crippen molar-refractivity contribution in [2.24, 2.45) is 5.92 Å². The smallest absolute Gasteiger partial charge is 0.220 e. The molecule has 3 fully saturated rings. The SMILES string of the molecule is C=C(C[C@H](NC(=O)CC1CC1)C1OC1NCc1ncc(-c2ccc(F)cc2F)[nH]1)N1CCCC[C@@H]1C.CC.CC.[HH].[HH]. The number of likely N-dealkylation sites (tertiary alicyclic amines) is 1. The van der Waals surface area contributed by atoms with Gasteiger partial charge in [-0.1, -0.05) is 34.3 Å². The van der Waals surface area contributed by atoms with Crippen molar-refractivity contribution in [3.05, 3.63) is 54.1 Å². The molecule has 2 unspecified atom stereocenters. The number of ether oxygens (including phenoxy) is 1. The highest BCUT2D eigenvalue weighted by Gasteiger charge is 2.46. The predicted octanol–water partition coefficient (Wildman–Crippen LogP) is 6.78. The molecule has 1 saturated carbocycles. The van der Waals surface area contributed by atoms with E-state index < -0.39 is 11.6 Å². The zero-order valence-electron chi connectivity index (χ0n) is 24.7. The lowest BCUT2D eigenvalue weighted by Gasteiger charge is -2.37. The molecule has 2 aliphatic heterocycles. The summed E-state index contributed by atoms with van der Waals surface area (Å²) in [7, 11) is 0. The van der Waals surface area contributed by atoms with E-state index in [2.05, 4.69) is 39.0 Å². The number of H-pyrrole nitrogens is 1. The van der Waals surface area contributed by atoms with Gasteiger partial charge < -0.3 is 19.9 Å². The molecule has 5 rings (SSSR count). The molecule has 0 spiro atoms. The Bertz CT molecular complexity index is 1110. The summed E-state index contributed by atoms with van der Waals surface area (Å²) < 4.78 is 33.2. The molecule has 40 heavy (non-hydrogen) atoms. The number of rotatable bonds is 11. The molecule has 1 amide bonds. The molecule has 0 radical (unpaired) electrons. The van der Waals surface area contributed by atoms with Gasteiger partial charge in [-0.3, -0.25) is 10.1 Å². The molecule has 3 heterocycles.